The normalized spacial score (nSPS) is 10.2. The van der Waals surface area contributed by atoms with Crippen molar-refractivity contribution in [3.05, 3.63) is 50.4 Å². The maximum Gasteiger partial charge on any atom is 0.344 e. The highest BCUT2D eigenvalue weighted by Crippen LogP contribution is 2.33. The number of carbonyl (C=O) groups is 1. The first-order valence-corrected chi connectivity index (χ1v) is 6.85. The molecule has 0 spiro atoms. The van der Waals surface area contributed by atoms with E-state index in [-0.39, 0.29) is 22.2 Å². The first kappa shape index (κ1) is 15.0. The maximum atomic E-state index is 13.7. The van der Waals surface area contributed by atoms with Crippen molar-refractivity contribution in [2.45, 2.75) is 0 Å². The number of benzene rings is 1. The van der Waals surface area contributed by atoms with E-state index in [2.05, 4.69) is 9.72 Å². The van der Waals surface area contributed by atoms with Crippen LogP contribution in [0.15, 0.2) is 30.5 Å². The Labute approximate surface area is 133 Å². The summed E-state index contributed by atoms with van der Waals surface area (Å²) in [5.41, 5.74) is 0.120. The minimum atomic E-state index is -0.644. The summed E-state index contributed by atoms with van der Waals surface area (Å²) in [5.74, 6) is -1.51. The number of halogens is 3. The third-order valence-corrected chi connectivity index (χ3v) is 3.57. The second kappa shape index (κ2) is 6.36. The summed E-state index contributed by atoms with van der Waals surface area (Å²) in [5, 5.41) is 0.0847. The Bertz CT molecular complexity index is 646. The second-order valence-corrected chi connectivity index (χ2v) is 5.19. The predicted molar refractivity (Wildman–Crippen MR) is 79.8 cm³/mol. The van der Waals surface area contributed by atoms with Crippen molar-refractivity contribution >= 4 is 40.2 Å². The Morgan fingerprint density at radius 2 is 2.15 bits per heavy atom. The van der Waals surface area contributed by atoms with Gasteiger partial charge in [0.2, 0.25) is 5.88 Å². The van der Waals surface area contributed by atoms with Crippen molar-refractivity contribution in [1.29, 1.82) is 0 Å². The zero-order valence-corrected chi connectivity index (χ0v) is 13.1. The van der Waals surface area contributed by atoms with Gasteiger partial charge in [-0.3, -0.25) is 0 Å². The molecule has 0 aliphatic heterocycles. The summed E-state index contributed by atoms with van der Waals surface area (Å²) in [6, 6.07) is 5.75. The monoisotopic (exact) mass is 407 g/mol. The number of ether oxygens (including phenoxy) is 2. The Hall–Kier alpha value is -1.41. The summed E-state index contributed by atoms with van der Waals surface area (Å²) < 4.78 is 24.3. The number of para-hydroxylation sites is 1. The van der Waals surface area contributed by atoms with Crippen molar-refractivity contribution in [3.8, 4) is 11.6 Å². The molecule has 104 valence electrons. The van der Waals surface area contributed by atoms with Crippen LogP contribution in [0.25, 0.3) is 0 Å². The van der Waals surface area contributed by atoms with Crippen molar-refractivity contribution in [1.82, 2.24) is 4.98 Å². The minimum Gasteiger partial charge on any atom is -0.465 e. The van der Waals surface area contributed by atoms with Gasteiger partial charge < -0.3 is 9.47 Å². The van der Waals surface area contributed by atoms with Crippen molar-refractivity contribution < 1.29 is 18.7 Å². The molecule has 2 aromatic rings. The molecule has 0 amide bonds. The maximum absolute atomic E-state index is 13.7. The standard InChI is InChI=1S/C13H8ClFINO3/c1-19-13(18)10-9(16)5-6-17-12(10)20-11-7(14)3-2-4-8(11)15/h2-6H,1H3. The topological polar surface area (TPSA) is 48.4 Å². The zero-order chi connectivity index (χ0) is 14.7. The van der Waals surface area contributed by atoms with Crippen LogP contribution in [0.2, 0.25) is 5.02 Å². The van der Waals surface area contributed by atoms with Gasteiger partial charge in [0.15, 0.2) is 11.6 Å². The number of pyridine rings is 1. The molecule has 1 heterocycles. The van der Waals surface area contributed by atoms with E-state index in [9.17, 15) is 9.18 Å². The molecule has 0 unspecified atom stereocenters. The number of esters is 1. The van der Waals surface area contributed by atoms with Gasteiger partial charge >= 0.3 is 5.97 Å². The third-order valence-electron chi connectivity index (χ3n) is 2.37. The molecular weight excluding hydrogens is 400 g/mol. The molecule has 0 atom stereocenters. The van der Waals surface area contributed by atoms with Crippen LogP contribution < -0.4 is 4.74 Å². The fraction of sp³-hybridized carbons (Fsp3) is 0.0769. The first-order chi connectivity index (χ1) is 9.54. The average molecular weight is 408 g/mol. The van der Waals surface area contributed by atoms with Crippen molar-refractivity contribution in [3.63, 3.8) is 0 Å². The van der Waals surface area contributed by atoms with Crippen LogP contribution in [-0.2, 0) is 4.74 Å². The Balaban J connectivity index is 2.49. The van der Waals surface area contributed by atoms with Crippen LogP contribution in [0.1, 0.15) is 10.4 Å². The Morgan fingerprint density at radius 1 is 1.40 bits per heavy atom. The summed E-state index contributed by atoms with van der Waals surface area (Å²) in [4.78, 5) is 15.7. The molecule has 0 saturated heterocycles. The molecule has 0 aliphatic rings. The fourth-order valence-corrected chi connectivity index (χ4v) is 2.27. The van der Waals surface area contributed by atoms with Crippen LogP contribution in [0.5, 0.6) is 11.6 Å². The molecule has 0 fully saturated rings. The summed E-state index contributed by atoms with van der Waals surface area (Å²) in [6.07, 6.45) is 1.44. The molecule has 4 nitrogen and oxygen atoms in total. The molecule has 0 saturated carbocycles. The number of methoxy groups -OCH3 is 1. The summed E-state index contributed by atoms with van der Waals surface area (Å²) >= 11 is 7.81. The highest BCUT2D eigenvalue weighted by molar-refractivity contribution is 14.1. The van der Waals surface area contributed by atoms with Gasteiger partial charge in [-0.05, 0) is 40.8 Å². The van der Waals surface area contributed by atoms with Crippen molar-refractivity contribution in [2.75, 3.05) is 7.11 Å². The molecule has 1 aromatic heterocycles. The summed E-state index contributed by atoms with van der Waals surface area (Å²) in [6.45, 7) is 0. The van der Waals surface area contributed by atoms with Gasteiger partial charge in [-0.25, -0.2) is 14.2 Å². The Morgan fingerprint density at radius 3 is 2.80 bits per heavy atom. The van der Waals surface area contributed by atoms with Gasteiger partial charge in [0, 0.05) is 9.77 Å². The molecule has 0 bridgehead atoms. The minimum absolute atomic E-state index is 0.0595. The van der Waals surface area contributed by atoms with Gasteiger partial charge in [0.05, 0.1) is 12.1 Å². The van der Waals surface area contributed by atoms with E-state index in [1.165, 1.54) is 31.5 Å². The third kappa shape index (κ3) is 3.01. The molecule has 7 heteroatoms. The lowest BCUT2D eigenvalue weighted by Crippen LogP contribution is -2.08. The van der Waals surface area contributed by atoms with Crippen LogP contribution >= 0.6 is 34.2 Å². The molecule has 2 rings (SSSR count). The van der Waals surface area contributed by atoms with Crippen LogP contribution in [0.4, 0.5) is 4.39 Å². The number of hydrogen-bond donors (Lipinski definition) is 0. The smallest absolute Gasteiger partial charge is 0.344 e. The zero-order valence-electron chi connectivity index (χ0n) is 10.2. The molecule has 20 heavy (non-hydrogen) atoms. The molecular formula is C13H8ClFINO3. The fourth-order valence-electron chi connectivity index (χ4n) is 1.46. The van der Waals surface area contributed by atoms with Crippen LogP contribution in [0.3, 0.4) is 0 Å². The molecule has 1 aromatic carbocycles. The predicted octanol–water partition coefficient (Wildman–Crippen LogP) is 4.06. The molecule has 0 N–H and O–H groups in total. The highest BCUT2D eigenvalue weighted by Gasteiger charge is 2.21. The van der Waals surface area contributed by atoms with Crippen molar-refractivity contribution in [2.24, 2.45) is 0 Å². The van der Waals surface area contributed by atoms with E-state index in [1.54, 1.807) is 6.07 Å². The first-order valence-electron chi connectivity index (χ1n) is 5.39. The van der Waals surface area contributed by atoms with E-state index >= 15 is 0 Å². The van der Waals surface area contributed by atoms with E-state index in [0.717, 1.165) is 0 Å². The molecule has 0 radical (unpaired) electrons. The SMILES string of the molecule is COC(=O)c1c(I)ccnc1Oc1c(F)cccc1Cl. The Kier molecular flexibility index (Phi) is 4.77. The number of nitrogens with zero attached hydrogens (tertiary/aromatic N) is 1. The van der Waals surface area contributed by atoms with E-state index in [1.807, 2.05) is 22.6 Å². The van der Waals surface area contributed by atoms with Gasteiger partial charge in [-0.2, -0.15) is 0 Å². The van der Waals surface area contributed by atoms with Gasteiger partial charge in [-0.15, -0.1) is 0 Å². The lowest BCUT2D eigenvalue weighted by molar-refractivity contribution is 0.0595. The number of rotatable bonds is 3. The van der Waals surface area contributed by atoms with Gasteiger partial charge in [0.25, 0.3) is 0 Å². The van der Waals surface area contributed by atoms with Gasteiger partial charge in [0.1, 0.15) is 5.56 Å². The number of aromatic nitrogens is 1. The quantitative estimate of drug-likeness (QED) is 0.569. The number of hydrogen-bond acceptors (Lipinski definition) is 4. The lowest BCUT2D eigenvalue weighted by atomic mass is 10.2. The average Bonchev–Trinajstić information content (AvgIpc) is 2.42. The lowest BCUT2D eigenvalue weighted by Gasteiger charge is -2.11. The van der Waals surface area contributed by atoms with Crippen LogP contribution in [0, 0.1) is 9.39 Å². The van der Waals surface area contributed by atoms with Crippen LogP contribution in [-0.4, -0.2) is 18.1 Å². The molecule has 0 aliphatic carbocycles. The van der Waals surface area contributed by atoms with E-state index < -0.39 is 11.8 Å². The van der Waals surface area contributed by atoms with E-state index in [4.69, 9.17) is 16.3 Å². The summed E-state index contributed by atoms with van der Waals surface area (Å²) in [7, 11) is 1.24. The largest absolute Gasteiger partial charge is 0.465 e. The number of carbonyl (C=O) groups excluding carboxylic acids is 1. The van der Waals surface area contributed by atoms with Gasteiger partial charge in [-0.1, -0.05) is 17.7 Å². The second-order valence-electron chi connectivity index (χ2n) is 3.62. The van der Waals surface area contributed by atoms with E-state index in [0.29, 0.717) is 3.57 Å². The highest BCUT2D eigenvalue weighted by atomic mass is 127.